The maximum atomic E-state index is 13.8. The van der Waals surface area contributed by atoms with Gasteiger partial charge in [0, 0.05) is 52.0 Å². The Morgan fingerprint density at radius 3 is 2.25 bits per heavy atom. The lowest BCUT2D eigenvalue weighted by atomic mass is 10.00. The minimum absolute atomic E-state index is 0.0466. The number of carbonyl (C=O) groups is 4. The summed E-state index contributed by atoms with van der Waals surface area (Å²) in [6, 6.07) is 27.8. The molecule has 5 rings (SSSR count). The summed E-state index contributed by atoms with van der Waals surface area (Å²) in [7, 11) is 0. The second kappa shape index (κ2) is 16.7. The van der Waals surface area contributed by atoms with E-state index in [-0.39, 0.29) is 29.0 Å². The van der Waals surface area contributed by atoms with E-state index in [9.17, 15) is 29.3 Å². The SMILES string of the molecule is CC(C)(C)OC(=O)N[C@H](Cc1ccc(Cl)cc1)C(=O)Nc1ccc(NC(=O)/C=C/c2ccc(-c3ccc([N+](=O)[O-])cc3)o2)cc1C(=O)c1ccccc1. The molecule has 3 N–H and O–H groups in total. The molecule has 1 atom stereocenters. The van der Waals surface area contributed by atoms with Crippen LogP contribution in [0.3, 0.4) is 0 Å². The number of nitro benzene ring substituents is 1. The van der Waals surface area contributed by atoms with Gasteiger partial charge in [0.25, 0.3) is 5.69 Å². The van der Waals surface area contributed by atoms with Crippen LogP contribution in [0.15, 0.2) is 120 Å². The molecule has 0 unspecified atom stereocenters. The number of furan rings is 1. The molecule has 0 aliphatic carbocycles. The molecule has 0 aliphatic heterocycles. The third-order valence-electron chi connectivity index (χ3n) is 7.57. The first-order valence-electron chi connectivity index (χ1n) is 16.4. The second-order valence-electron chi connectivity index (χ2n) is 12.8. The van der Waals surface area contributed by atoms with Gasteiger partial charge in [-0.05, 0) is 87.0 Å². The zero-order chi connectivity index (χ0) is 38.1. The largest absolute Gasteiger partial charge is 0.457 e. The van der Waals surface area contributed by atoms with Crippen LogP contribution in [-0.4, -0.2) is 40.3 Å². The van der Waals surface area contributed by atoms with E-state index in [0.29, 0.717) is 27.7 Å². The molecule has 5 aromatic rings. The van der Waals surface area contributed by atoms with Crippen LogP contribution in [0.1, 0.15) is 48.0 Å². The molecule has 270 valence electrons. The summed E-state index contributed by atoms with van der Waals surface area (Å²) < 4.78 is 11.2. The molecular formula is C40H35ClN4O8. The summed E-state index contributed by atoms with van der Waals surface area (Å²) in [5.41, 5.74) is 1.34. The van der Waals surface area contributed by atoms with Crippen molar-refractivity contribution in [1.29, 1.82) is 0 Å². The lowest BCUT2D eigenvalue weighted by Crippen LogP contribution is -2.47. The third kappa shape index (κ3) is 10.7. The average molecular weight is 735 g/mol. The van der Waals surface area contributed by atoms with E-state index >= 15 is 0 Å². The normalized spacial score (nSPS) is 11.8. The Morgan fingerprint density at radius 1 is 0.887 bits per heavy atom. The van der Waals surface area contributed by atoms with Crippen LogP contribution in [0, 0.1) is 10.1 Å². The Bertz CT molecular complexity index is 2160. The fourth-order valence-corrected chi connectivity index (χ4v) is 5.21. The molecule has 4 aromatic carbocycles. The number of anilines is 2. The van der Waals surface area contributed by atoms with E-state index in [4.69, 9.17) is 20.8 Å². The predicted octanol–water partition coefficient (Wildman–Crippen LogP) is 8.47. The monoisotopic (exact) mass is 734 g/mol. The molecular weight excluding hydrogens is 700 g/mol. The number of nitrogens with zero attached hydrogens (tertiary/aromatic N) is 1. The number of alkyl carbamates (subject to hydrolysis) is 1. The van der Waals surface area contributed by atoms with Gasteiger partial charge in [-0.3, -0.25) is 24.5 Å². The standard InChI is InChI=1S/C40H35ClN4O8/c1-40(2,3)53-39(49)44-34(23-25-9-13-28(41)14-10-25)38(48)43-33-20-15-29(24-32(33)37(47)27-7-5-4-6-8-27)42-36(46)22-19-31-18-21-35(52-31)26-11-16-30(17-12-26)45(50)51/h4-22,24,34H,23H2,1-3H3,(H,42,46)(H,43,48)(H,44,49)/b22-19+/t34-/m1/s1. The zero-order valence-corrected chi connectivity index (χ0v) is 29.7. The Hall–Kier alpha value is -6.53. The molecule has 0 fully saturated rings. The van der Waals surface area contributed by atoms with Crippen LogP contribution < -0.4 is 16.0 Å². The number of ether oxygens (including phenoxy) is 1. The van der Waals surface area contributed by atoms with Gasteiger partial charge in [0.05, 0.1) is 10.6 Å². The van der Waals surface area contributed by atoms with Crippen molar-refractivity contribution in [1.82, 2.24) is 5.32 Å². The van der Waals surface area contributed by atoms with Crippen LogP contribution in [0.4, 0.5) is 21.9 Å². The Morgan fingerprint density at radius 2 is 1.58 bits per heavy atom. The molecule has 0 bridgehead atoms. The van der Waals surface area contributed by atoms with Crippen LogP contribution >= 0.6 is 11.6 Å². The number of benzene rings is 4. The number of ketones is 1. The van der Waals surface area contributed by atoms with Gasteiger partial charge in [0.15, 0.2) is 5.78 Å². The topological polar surface area (TPSA) is 170 Å². The van der Waals surface area contributed by atoms with Crippen molar-refractivity contribution in [3.63, 3.8) is 0 Å². The molecule has 53 heavy (non-hydrogen) atoms. The first-order chi connectivity index (χ1) is 25.2. The molecule has 0 saturated carbocycles. The number of nitrogens with one attached hydrogen (secondary N) is 3. The molecule has 13 heteroatoms. The highest BCUT2D eigenvalue weighted by Gasteiger charge is 2.26. The predicted molar refractivity (Wildman–Crippen MR) is 202 cm³/mol. The fraction of sp³-hybridized carbons (Fsp3) is 0.150. The Kier molecular flexibility index (Phi) is 11.9. The molecule has 0 saturated heterocycles. The lowest BCUT2D eigenvalue weighted by Gasteiger charge is -2.24. The van der Waals surface area contributed by atoms with Crippen molar-refractivity contribution in [2.45, 2.75) is 38.8 Å². The van der Waals surface area contributed by atoms with Crippen LogP contribution in [-0.2, 0) is 20.7 Å². The van der Waals surface area contributed by atoms with Gasteiger partial charge in [-0.1, -0.05) is 54.1 Å². The van der Waals surface area contributed by atoms with Crippen LogP contribution in [0.25, 0.3) is 17.4 Å². The lowest BCUT2D eigenvalue weighted by molar-refractivity contribution is -0.384. The van der Waals surface area contributed by atoms with Gasteiger partial charge < -0.3 is 25.1 Å². The molecule has 1 aromatic heterocycles. The highest BCUT2D eigenvalue weighted by molar-refractivity contribution is 6.30. The van der Waals surface area contributed by atoms with Crippen molar-refractivity contribution in [3.8, 4) is 11.3 Å². The van der Waals surface area contributed by atoms with E-state index in [1.807, 2.05) is 0 Å². The van der Waals surface area contributed by atoms with Gasteiger partial charge in [0.2, 0.25) is 11.8 Å². The third-order valence-corrected chi connectivity index (χ3v) is 7.83. The van der Waals surface area contributed by atoms with E-state index in [0.717, 1.165) is 5.56 Å². The number of hydrogen-bond donors (Lipinski definition) is 3. The Labute approximate surface area is 310 Å². The fourth-order valence-electron chi connectivity index (χ4n) is 5.09. The van der Waals surface area contributed by atoms with Gasteiger partial charge in [-0.25, -0.2) is 4.79 Å². The molecule has 12 nitrogen and oxygen atoms in total. The van der Waals surface area contributed by atoms with Gasteiger partial charge in [-0.15, -0.1) is 0 Å². The number of nitro groups is 1. The second-order valence-corrected chi connectivity index (χ2v) is 13.2. The number of rotatable bonds is 12. The number of amides is 3. The average Bonchev–Trinajstić information content (AvgIpc) is 3.60. The Balaban J connectivity index is 1.36. The molecule has 3 amide bonds. The summed E-state index contributed by atoms with van der Waals surface area (Å²) in [5, 5.41) is 19.6. The van der Waals surface area contributed by atoms with Crippen molar-refractivity contribution in [2.75, 3.05) is 10.6 Å². The van der Waals surface area contributed by atoms with E-state index < -0.39 is 40.3 Å². The van der Waals surface area contributed by atoms with E-state index in [1.54, 1.807) is 99.6 Å². The minimum atomic E-state index is -1.10. The van der Waals surface area contributed by atoms with E-state index in [1.165, 1.54) is 42.5 Å². The van der Waals surface area contributed by atoms with Crippen molar-refractivity contribution >= 4 is 58.4 Å². The zero-order valence-electron chi connectivity index (χ0n) is 28.9. The highest BCUT2D eigenvalue weighted by atomic mass is 35.5. The van der Waals surface area contributed by atoms with Crippen LogP contribution in [0.2, 0.25) is 5.02 Å². The molecule has 0 radical (unpaired) electrons. The molecule has 1 heterocycles. The highest BCUT2D eigenvalue weighted by Crippen LogP contribution is 2.27. The van der Waals surface area contributed by atoms with Gasteiger partial charge >= 0.3 is 6.09 Å². The summed E-state index contributed by atoms with van der Waals surface area (Å²) in [6.07, 6.45) is 2.00. The summed E-state index contributed by atoms with van der Waals surface area (Å²) in [5.74, 6) is -0.744. The summed E-state index contributed by atoms with van der Waals surface area (Å²) >= 11 is 6.04. The molecule has 0 aliphatic rings. The maximum Gasteiger partial charge on any atom is 0.408 e. The summed E-state index contributed by atoms with van der Waals surface area (Å²) in [4.78, 5) is 63.7. The number of carbonyl (C=O) groups excluding carboxylic acids is 4. The minimum Gasteiger partial charge on any atom is -0.457 e. The molecule has 0 spiro atoms. The van der Waals surface area contributed by atoms with Crippen molar-refractivity contribution in [2.24, 2.45) is 0 Å². The number of hydrogen-bond acceptors (Lipinski definition) is 8. The van der Waals surface area contributed by atoms with Crippen molar-refractivity contribution in [3.05, 3.63) is 153 Å². The number of halogens is 1. The first-order valence-corrected chi connectivity index (χ1v) is 16.7. The smallest absolute Gasteiger partial charge is 0.408 e. The summed E-state index contributed by atoms with van der Waals surface area (Å²) in [6.45, 7) is 5.11. The maximum absolute atomic E-state index is 13.8. The van der Waals surface area contributed by atoms with Crippen LogP contribution in [0.5, 0.6) is 0 Å². The van der Waals surface area contributed by atoms with E-state index in [2.05, 4.69) is 16.0 Å². The van der Waals surface area contributed by atoms with Gasteiger partial charge in [-0.2, -0.15) is 0 Å². The van der Waals surface area contributed by atoms with Crippen molar-refractivity contribution < 1.29 is 33.3 Å². The number of non-ortho nitro benzene ring substituents is 1. The van der Waals surface area contributed by atoms with Gasteiger partial charge in [0.1, 0.15) is 23.2 Å². The quantitative estimate of drug-likeness (QED) is 0.0496. The first kappa shape index (κ1) is 37.7.